The Kier molecular flexibility index (Phi) is 49.0. The van der Waals surface area contributed by atoms with E-state index in [1.807, 2.05) is 0 Å². The smallest absolute Gasteiger partial charge is 0.306 e. The summed E-state index contributed by atoms with van der Waals surface area (Å²) in [5.41, 5.74) is 0. The third-order valence-electron chi connectivity index (χ3n) is 10.8. The molecular formula is C58H96O6. The number of carbonyl (C=O) groups is 3. The van der Waals surface area contributed by atoms with Gasteiger partial charge in [0.1, 0.15) is 13.2 Å². The first-order valence-electron chi connectivity index (χ1n) is 26.2. The molecule has 0 aromatic rings. The van der Waals surface area contributed by atoms with Crippen LogP contribution in [0, 0.1) is 0 Å². The SMILES string of the molecule is CC/C=C\C/C=C\C/C=C\C/C=C\C/C=C\CCCCCC(=O)OCC(COC(=O)CCCCC/C=C\C/C=C\C/C=C\CC)OC(=O)CCCCCCCCCCCCCCCC. The van der Waals surface area contributed by atoms with Crippen molar-refractivity contribution in [2.24, 2.45) is 0 Å². The molecule has 0 amide bonds. The molecule has 0 aliphatic rings. The van der Waals surface area contributed by atoms with E-state index in [4.69, 9.17) is 14.2 Å². The number of unbranched alkanes of at least 4 members (excludes halogenated alkanes) is 19. The number of rotatable bonds is 46. The molecule has 0 aromatic heterocycles. The fraction of sp³-hybridized carbons (Fsp3) is 0.672. The zero-order valence-corrected chi connectivity index (χ0v) is 41.5. The summed E-state index contributed by atoms with van der Waals surface area (Å²) < 4.78 is 16.8. The Bertz CT molecular complexity index is 1300. The van der Waals surface area contributed by atoms with E-state index in [9.17, 15) is 14.4 Å². The van der Waals surface area contributed by atoms with Gasteiger partial charge in [-0.2, -0.15) is 0 Å². The number of allylic oxidation sites excluding steroid dienone is 16. The van der Waals surface area contributed by atoms with E-state index in [1.54, 1.807) is 0 Å². The Morgan fingerprint density at radius 3 is 0.953 bits per heavy atom. The first-order valence-corrected chi connectivity index (χ1v) is 26.2. The summed E-state index contributed by atoms with van der Waals surface area (Å²) in [6, 6.07) is 0. The van der Waals surface area contributed by atoms with Gasteiger partial charge in [0.25, 0.3) is 0 Å². The topological polar surface area (TPSA) is 78.9 Å². The molecule has 364 valence electrons. The minimum Gasteiger partial charge on any atom is -0.462 e. The lowest BCUT2D eigenvalue weighted by molar-refractivity contribution is -0.167. The molecule has 0 aliphatic carbocycles. The lowest BCUT2D eigenvalue weighted by Gasteiger charge is -2.18. The number of carbonyl (C=O) groups excluding carboxylic acids is 3. The Morgan fingerprint density at radius 1 is 0.328 bits per heavy atom. The molecule has 1 unspecified atom stereocenters. The molecule has 0 N–H and O–H groups in total. The molecule has 0 rings (SSSR count). The summed E-state index contributed by atoms with van der Waals surface area (Å²) in [5, 5.41) is 0. The van der Waals surface area contributed by atoms with Crippen LogP contribution in [-0.4, -0.2) is 37.2 Å². The third kappa shape index (κ3) is 49.3. The van der Waals surface area contributed by atoms with E-state index in [1.165, 1.54) is 70.6 Å². The van der Waals surface area contributed by atoms with Crippen LogP contribution in [0.1, 0.15) is 233 Å². The molecule has 0 aliphatic heterocycles. The average Bonchev–Trinajstić information content (AvgIpc) is 3.29. The van der Waals surface area contributed by atoms with Crippen LogP contribution in [0.25, 0.3) is 0 Å². The van der Waals surface area contributed by atoms with E-state index in [0.29, 0.717) is 19.3 Å². The Hall–Kier alpha value is -3.67. The van der Waals surface area contributed by atoms with Crippen LogP contribution < -0.4 is 0 Å². The maximum Gasteiger partial charge on any atom is 0.306 e. The van der Waals surface area contributed by atoms with Crippen molar-refractivity contribution in [1.29, 1.82) is 0 Å². The van der Waals surface area contributed by atoms with Gasteiger partial charge in [-0.25, -0.2) is 0 Å². The molecule has 6 heteroatoms. The second-order valence-electron chi connectivity index (χ2n) is 17.0. The van der Waals surface area contributed by atoms with Gasteiger partial charge in [-0.05, 0) is 96.3 Å². The zero-order chi connectivity index (χ0) is 46.5. The molecule has 0 radical (unpaired) electrons. The maximum absolute atomic E-state index is 12.8. The second-order valence-corrected chi connectivity index (χ2v) is 17.0. The van der Waals surface area contributed by atoms with Crippen molar-refractivity contribution in [2.45, 2.75) is 239 Å². The minimum atomic E-state index is -0.802. The highest BCUT2D eigenvalue weighted by molar-refractivity contribution is 5.71. The lowest BCUT2D eigenvalue weighted by Crippen LogP contribution is -2.30. The highest BCUT2D eigenvalue weighted by atomic mass is 16.6. The molecular weight excluding hydrogens is 793 g/mol. The molecule has 0 aromatic carbocycles. The van der Waals surface area contributed by atoms with Crippen molar-refractivity contribution in [1.82, 2.24) is 0 Å². The van der Waals surface area contributed by atoms with Crippen LogP contribution in [0.15, 0.2) is 97.2 Å². The number of esters is 3. The molecule has 0 saturated carbocycles. The van der Waals surface area contributed by atoms with E-state index in [-0.39, 0.29) is 31.1 Å². The summed E-state index contributed by atoms with van der Waals surface area (Å²) in [7, 11) is 0. The molecule has 0 fully saturated rings. The minimum absolute atomic E-state index is 0.103. The Balaban J connectivity index is 4.47. The van der Waals surface area contributed by atoms with Crippen molar-refractivity contribution >= 4 is 17.9 Å². The Morgan fingerprint density at radius 2 is 0.609 bits per heavy atom. The van der Waals surface area contributed by atoms with E-state index >= 15 is 0 Å². The van der Waals surface area contributed by atoms with Gasteiger partial charge in [-0.3, -0.25) is 14.4 Å². The predicted molar refractivity (Wildman–Crippen MR) is 274 cm³/mol. The second kappa shape index (κ2) is 52.0. The zero-order valence-electron chi connectivity index (χ0n) is 41.5. The van der Waals surface area contributed by atoms with Gasteiger partial charge in [0.15, 0.2) is 6.10 Å². The van der Waals surface area contributed by atoms with Crippen molar-refractivity contribution < 1.29 is 28.6 Å². The normalized spacial score (nSPS) is 12.9. The summed E-state index contributed by atoms with van der Waals surface area (Å²) >= 11 is 0. The van der Waals surface area contributed by atoms with Crippen LogP contribution in [0.4, 0.5) is 0 Å². The molecule has 1 atom stereocenters. The van der Waals surface area contributed by atoms with Crippen molar-refractivity contribution in [3.05, 3.63) is 97.2 Å². The first kappa shape index (κ1) is 60.3. The van der Waals surface area contributed by atoms with Crippen molar-refractivity contribution in [3.63, 3.8) is 0 Å². The van der Waals surface area contributed by atoms with Crippen LogP contribution in [0.3, 0.4) is 0 Å². The van der Waals surface area contributed by atoms with Gasteiger partial charge in [-0.1, -0.05) is 214 Å². The van der Waals surface area contributed by atoms with Gasteiger partial charge in [-0.15, -0.1) is 0 Å². The standard InChI is InChI=1S/C58H96O6/c1-4-7-10-13-16-19-22-25-27-28-29-30-31-34-36-39-42-45-48-51-57(60)63-54-55(53-62-56(59)50-47-44-41-38-35-32-24-21-18-15-12-9-6-3)64-58(61)52-49-46-43-40-37-33-26-23-20-17-14-11-8-5-2/h7,9-10,12,16,18-19,21,25,27,29-30,32,34-36,55H,4-6,8,11,13-15,17,20,22-24,26,28,31,33,37-54H2,1-3H3/b10-7-,12-9-,19-16-,21-18-,27-25-,30-29-,35-32-,36-34-. The van der Waals surface area contributed by atoms with Gasteiger partial charge in [0, 0.05) is 19.3 Å². The molecule has 0 heterocycles. The van der Waals surface area contributed by atoms with Gasteiger partial charge in [0.05, 0.1) is 0 Å². The van der Waals surface area contributed by atoms with E-state index in [2.05, 4.69) is 118 Å². The molecule has 64 heavy (non-hydrogen) atoms. The summed E-state index contributed by atoms with van der Waals surface area (Å²) in [5.74, 6) is -0.962. The third-order valence-corrected chi connectivity index (χ3v) is 10.8. The highest BCUT2D eigenvalue weighted by Gasteiger charge is 2.19. The van der Waals surface area contributed by atoms with Crippen molar-refractivity contribution in [3.8, 4) is 0 Å². The Labute approximate surface area is 394 Å². The van der Waals surface area contributed by atoms with Gasteiger partial charge < -0.3 is 14.2 Å². The summed E-state index contributed by atoms with van der Waals surface area (Å²) in [6.45, 7) is 6.35. The summed E-state index contributed by atoms with van der Waals surface area (Å²) in [6.07, 6.45) is 68.2. The lowest BCUT2D eigenvalue weighted by atomic mass is 10.0. The van der Waals surface area contributed by atoms with E-state index in [0.717, 1.165) is 122 Å². The molecule has 0 bridgehead atoms. The number of ether oxygens (including phenoxy) is 3. The molecule has 0 spiro atoms. The molecule has 0 saturated heterocycles. The van der Waals surface area contributed by atoms with Crippen LogP contribution in [0.5, 0.6) is 0 Å². The highest BCUT2D eigenvalue weighted by Crippen LogP contribution is 2.15. The average molecular weight is 889 g/mol. The monoisotopic (exact) mass is 889 g/mol. The van der Waals surface area contributed by atoms with E-state index < -0.39 is 6.10 Å². The summed E-state index contributed by atoms with van der Waals surface area (Å²) in [4.78, 5) is 38.0. The molecule has 6 nitrogen and oxygen atoms in total. The predicted octanol–water partition coefficient (Wildman–Crippen LogP) is 17.4. The number of hydrogen-bond acceptors (Lipinski definition) is 6. The fourth-order valence-electron chi connectivity index (χ4n) is 6.95. The van der Waals surface area contributed by atoms with Crippen molar-refractivity contribution in [2.75, 3.05) is 13.2 Å². The van der Waals surface area contributed by atoms with Gasteiger partial charge in [0.2, 0.25) is 0 Å². The largest absolute Gasteiger partial charge is 0.462 e. The first-order chi connectivity index (χ1) is 31.5. The van der Waals surface area contributed by atoms with Gasteiger partial charge >= 0.3 is 17.9 Å². The van der Waals surface area contributed by atoms with Crippen LogP contribution in [0.2, 0.25) is 0 Å². The van der Waals surface area contributed by atoms with Crippen LogP contribution >= 0.6 is 0 Å². The fourth-order valence-corrected chi connectivity index (χ4v) is 6.95. The quantitative estimate of drug-likeness (QED) is 0.0262. The maximum atomic E-state index is 12.8. The van der Waals surface area contributed by atoms with Crippen LogP contribution in [-0.2, 0) is 28.6 Å². The number of hydrogen-bond donors (Lipinski definition) is 0.